The van der Waals surface area contributed by atoms with Gasteiger partial charge in [-0.1, -0.05) is 30.3 Å². The first-order valence-electron chi connectivity index (χ1n) is 7.88. The van der Waals surface area contributed by atoms with Crippen molar-refractivity contribution >= 4 is 17.4 Å². The summed E-state index contributed by atoms with van der Waals surface area (Å²) in [6, 6.07) is 11.7. The second-order valence-corrected chi connectivity index (χ2v) is 7.02. The zero-order valence-corrected chi connectivity index (χ0v) is 15.1. The van der Waals surface area contributed by atoms with Crippen molar-refractivity contribution in [2.75, 3.05) is 27.2 Å². The van der Waals surface area contributed by atoms with Crippen LogP contribution in [0.5, 0.6) is 0 Å². The van der Waals surface area contributed by atoms with Gasteiger partial charge in [0.25, 0.3) is 0 Å². The van der Waals surface area contributed by atoms with Crippen LogP contribution in [0, 0.1) is 0 Å². The minimum absolute atomic E-state index is 0.0920. The average molecular weight is 347 g/mol. The minimum Gasteiger partial charge on any atom is -0.384 e. The van der Waals surface area contributed by atoms with Crippen molar-refractivity contribution < 1.29 is 9.90 Å². The zero-order chi connectivity index (χ0) is 17.6. The van der Waals surface area contributed by atoms with Gasteiger partial charge >= 0.3 is 6.03 Å². The molecule has 0 saturated heterocycles. The molecule has 0 fully saturated rings. The number of amides is 2. The Morgan fingerprint density at radius 3 is 2.54 bits per heavy atom. The van der Waals surface area contributed by atoms with Crippen molar-refractivity contribution in [1.82, 2.24) is 15.5 Å². The smallest absolute Gasteiger partial charge is 0.314 e. The number of hydrogen-bond donors (Lipinski definition) is 3. The summed E-state index contributed by atoms with van der Waals surface area (Å²) in [7, 11) is 3.97. The molecule has 0 bridgehead atoms. The fourth-order valence-electron chi connectivity index (χ4n) is 2.45. The molecule has 130 valence electrons. The molecule has 0 radical (unpaired) electrons. The lowest BCUT2D eigenvalue weighted by atomic mass is 9.99. The fourth-order valence-corrected chi connectivity index (χ4v) is 3.23. The first-order chi connectivity index (χ1) is 11.4. The van der Waals surface area contributed by atoms with Gasteiger partial charge in [-0.15, -0.1) is 0 Å². The van der Waals surface area contributed by atoms with Crippen molar-refractivity contribution in [1.29, 1.82) is 0 Å². The topological polar surface area (TPSA) is 64.6 Å². The number of rotatable bonds is 7. The van der Waals surface area contributed by atoms with Gasteiger partial charge in [0.05, 0.1) is 12.6 Å². The van der Waals surface area contributed by atoms with Gasteiger partial charge in [-0.3, -0.25) is 0 Å². The monoisotopic (exact) mass is 347 g/mol. The highest BCUT2D eigenvalue weighted by Crippen LogP contribution is 2.22. The molecule has 1 aromatic heterocycles. The molecule has 2 aromatic rings. The molecule has 2 rings (SSSR count). The molecule has 0 aliphatic heterocycles. The number of aliphatic hydroxyl groups is 1. The van der Waals surface area contributed by atoms with E-state index in [4.69, 9.17) is 0 Å². The summed E-state index contributed by atoms with van der Waals surface area (Å²) in [6.45, 7) is 2.35. The summed E-state index contributed by atoms with van der Waals surface area (Å²) in [5, 5.41) is 19.8. The van der Waals surface area contributed by atoms with E-state index in [-0.39, 0.29) is 18.6 Å². The third-order valence-electron chi connectivity index (χ3n) is 4.00. The highest BCUT2D eigenvalue weighted by Gasteiger charge is 2.24. The molecule has 2 amide bonds. The van der Waals surface area contributed by atoms with Crippen LogP contribution in [0.3, 0.4) is 0 Å². The van der Waals surface area contributed by atoms with Crippen LogP contribution in [0.2, 0.25) is 0 Å². The normalized spacial score (nSPS) is 14.9. The lowest BCUT2D eigenvalue weighted by Crippen LogP contribution is -2.45. The Kier molecular flexibility index (Phi) is 6.36. The summed E-state index contributed by atoms with van der Waals surface area (Å²) in [6.07, 6.45) is 0. The van der Waals surface area contributed by atoms with Gasteiger partial charge in [0, 0.05) is 6.54 Å². The maximum atomic E-state index is 12.1. The molecular weight excluding hydrogens is 322 g/mol. The predicted octanol–water partition coefficient (Wildman–Crippen LogP) is 2.56. The van der Waals surface area contributed by atoms with Gasteiger partial charge in [0.15, 0.2) is 0 Å². The number of nitrogens with zero attached hydrogens (tertiary/aromatic N) is 1. The van der Waals surface area contributed by atoms with Crippen molar-refractivity contribution in [3.63, 3.8) is 0 Å². The van der Waals surface area contributed by atoms with E-state index in [0.29, 0.717) is 6.54 Å². The third-order valence-corrected chi connectivity index (χ3v) is 4.68. The van der Waals surface area contributed by atoms with E-state index in [9.17, 15) is 9.90 Å². The number of urea groups is 1. The maximum absolute atomic E-state index is 12.1. The third kappa shape index (κ3) is 5.06. The Labute approximate surface area is 147 Å². The van der Waals surface area contributed by atoms with Crippen LogP contribution >= 0.6 is 11.3 Å². The van der Waals surface area contributed by atoms with Gasteiger partial charge in [0.1, 0.15) is 5.60 Å². The summed E-state index contributed by atoms with van der Waals surface area (Å²) >= 11 is 1.52. The summed E-state index contributed by atoms with van der Waals surface area (Å²) in [5.41, 5.74) is 0.883. The standard InChI is InChI=1S/C18H25N3O2S/c1-18(23,15-9-10-24-12-15)13-20-17(22)19-11-16(21(2)3)14-7-5-4-6-8-14/h4-10,12,16,23H,11,13H2,1-3H3,(H2,19,20,22). The average Bonchev–Trinajstić information content (AvgIpc) is 3.09. The summed E-state index contributed by atoms with van der Waals surface area (Å²) in [5.74, 6) is 0. The van der Waals surface area contributed by atoms with Gasteiger partial charge in [-0.25, -0.2) is 4.79 Å². The molecule has 0 aliphatic rings. The number of nitrogens with one attached hydrogen (secondary N) is 2. The molecule has 2 unspecified atom stereocenters. The van der Waals surface area contributed by atoms with Crippen molar-refractivity contribution in [3.8, 4) is 0 Å². The first-order valence-corrected chi connectivity index (χ1v) is 8.82. The van der Waals surface area contributed by atoms with E-state index in [0.717, 1.165) is 11.1 Å². The molecule has 5 nitrogen and oxygen atoms in total. The molecule has 3 N–H and O–H groups in total. The van der Waals surface area contributed by atoms with E-state index in [1.54, 1.807) is 6.92 Å². The van der Waals surface area contributed by atoms with Crippen molar-refractivity contribution in [2.45, 2.75) is 18.6 Å². The van der Waals surface area contributed by atoms with E-state index in [2.05, 4.69) is 15.5 Å². The Morgan fingerprint density at radius 1 is 1.25 bits per heavy atom. The Morgan fingerprint density at radius 2 is 1.96 bits per heavy atom. The summed E-state index contributed by atoms with van der Waals surface area (Å²) < 4.78 is 0. The lowest BCUT2D eigenvalue weighted by Gasteiger charge is -2.26. The molecule has 1 heterocycles. The fraction of sp³-hybridized carbons (Fsp3) is 0.389. The molecule has 2 atom stereocenters. The van der Waals surface area contributed by atoms with E-state index in [1.807, 2.05) is 61.3 Å². The number of likely N-dealkylation sites (N-methyl/N-ethyl adjacent to an activating group) is 1. The van der Waals surface area contributed by atoms with Gasteiger partial charge in [0.2, 0.25) is 0 Å². The number of hydrogen-bond acceptors (Lipinski definition) is 4. The summed E-state index contributed by atoms with van der Waals surface area (Å²) in [4.78, 5) is 14.1. The zero-order valence-electron chi connectivity index (χ0n) is 14.3. The van der Waals surface area contributed by atoms with Crippen LogP contribution in [0.1, 0.15) is 24.1 Å². The predicted molar refractivity (Wildman–Crippen MR) is 98.2 cm³/mol. The minimum atomic E-state index is -1.07. The number of carbonyl (C=O) groups is 1. The van der Waals surface area contributed by atoms with Gasteiger partial charge in [-0.2, -0.15) is 11.3 Å². The highest BCUT2D eigenvalue weighted by atomic mass is 32.1. The number of benzene rings is 1. The van der Waals surface area contributed by atoms with E-state index < -0.39 is 5.60 Å². The quantitative estimate of drug-likeness (QED) is 0.721. The first kappa shape index (κ1) is 18.4. The van der Waals surface area contributed by atoms with E-state index >= 15 is 0 Å². The largest absolute Gasteiger partial charge is 0.384 e. The van der Waals surface area contributed by atoms with E-state index in [1.165, 1.54) is 11.3 Å². The van der Waals surface area contributed by atoms with Crippen molar-refractivity contribution in [3.05, 3.63) is 58.3 Å². The Hall–Kier alpha value is -1.89. The second kappa shape index (κ2) is 8.28. The second-order valence-electron chi connectivity index (χ2n) is 6.24. The molecular formula is C18H25N3O2S. The molecule has 1 aromatic carbocycles. The van der Waals surface area contributed by atoms with Crippen LogP contribution in [0.4, 0.5) is 4.79 Å². The molecule has 0 aliphatic carbocycles. The van der Waals surface area contributed by atoms with Gasteiger partial charge in [-0.05, 0) is 49.0 Å². The van der Waals surface area contributed by atoms with Crippen LogP contribution in [-0.4, -0.2) is 43.2 Å². The Balaban J connectivity index is 1.86. The molecule has 24 heavy (non-hydrogen) atoms. The molecule has 0 saturated carbocycles. The molecule has 6 heteroatoms. The highest BCUT2D eigenvalue weighted by molar-refractivity contribution is 7.08. The van der Waals surface area contributed by atoms with Crippen LogP contribution < -0.4 is 10.6 Å². The Bertz CT molecular complexity index is 627. The van der Waals surface area contributed by atoms with Crippen molar-refractivity contribution in [2.24, 2.45) is 0 Å². The SMILES string of the molecule is CN(C)C(CNC(=O)NCC(C)(O)c1ccsc1)c1ccccc1. The molecule has 0 spiro atoms. The maximum Gasteiger partial charge on any atom is 0.314 e. The van der Waals surface area contributed by atoms with Crippen LogP contribution in [0.15, 0.2) is 47.2 Å². The van der Waals surface area contributed by atoms with Gasteiger partial charge < -0.3 is 20.6 Å². The lowest BCUT2D eigenvalue weighted by molar-refractivity contribution is 0.0597. The van der Waals surface area contributed by atoms with Crippen LogP contribution in [0.25, 0.3) is 0 Å². The number of thiophene rings is 1. The van der Waals surface area contributed by atoms with Crippen LogP contribution in [-0.2, 0) is 5.60 Å². The number of carbonyl (C=O) groups excluding carboxylic acids is 1.